The SMILES string of the molecule is O=C1N[C@H](c2cccc([N+](=O)[O-])c2)[C@H](C(=O)c2cccs2)[C@](O)(C(F)(F)F)N1. The number of aliphatic hydroxyl groups is 1. The predicted octanol–water partition coefficient (Wildman–Crippen LogP) is 2.76. The molecular formula is C16H12F3N3O5S. The van der Waals surface area contributed by atoms with Crippen molar-refractivity contribution in [3.8, 4) is 0 Å². The van der Waals surface area contributed by atoms with Crippen LogP contribution in [0.15, 0.2) is 41.8 Å². The maximum atomic E-state index is 13.7. The molecule has 1 saturated heterocycles. The number of nitro groups is 1. The number of hydrogen-bond donors (Lipinski definition) is 3. The van der Waals surface area contributed by atoms with Gasteiger partial charge < -0.3 is 15.7 Å². The minimum absolute atomic E-state index is 0.0685. The summed E-state index contributed by atoms with van der Waals surface area (Å²) < 4.78 is 41.1. The van der Waals surface area contributed by atoms with Crippen molar-refractivity contribution in [1.82, 2.24) is 10.6 Å². The highest BCUT2D eigenvalue weighted by Gasteiger charge is 2.66. The van der Waals surface area contributed by atoms with Gasteiger partial charge in [0.25, 0.3) is 5.69 Å². The highest BCUT2D eigenvalue weighted by Crippen LogP contribution is 2.44. The molecule has 1 aromatic heterocycles. The number of benzene rings is 1. The summed E-state index contributed by atoms with van der Waals surface area (Å²) >= 11 is 0.865. The lowest BCUT2D eigenvalue weighted by Crippen LogP contribution is -2.72. The summed E-state index contributed by atoms with van der Waals surface area (Å²) in [7, 11) is 0. The van der Waals surface area contributed by atoms with Gasteiger partial charge in [0, 0.05) is 12.1 Å². The van der Waals surface area contributed by atoms with Crippen molar-refractivity contribution in [2.75, 3.05) is 0 Å². The molecule has 2 amide bonds. The molecule has 0 unspecified atom stereocenters. The number of amides is 2. The van der Waals surface area contributed by atoms with Crippen LogP contribution in [0.5, 0.6) is 0 Å². The second-order valence-corrected chi connectivity index (χ2v) is 6.96. The normalized spacial score (nSPS) is 24.9. The zero-order valence-electron chi connectivity index (χ0n) is 13.8. The molecule has 0 bridgehead atoms. The molecule has 2 heterocycles. The molecule has 3 rings (SSSR count). The number of non-ortho nitro benzene ring substituents is 1. The number of rotatable bonds is 4. The number of nitrogens with one attached hydrogen (secondary N) is 2. The molecule has 12 heteroatoms. The molecule has 148 valence electrons. The number of hydrogen-bond acceptors (Lipinski definition) is 6. The maximum Gasteiger partial charge on any atom is 0.437 e. The third-order valence-corrected chi connectivity index (χ3v) is 5.18. The lowest BCUT2D eigenvalue weighted by Gasteiger charge is -2.44. The summed E-state index contributed by atoms with van der Waals surface area (Å²) in [5, 5.41) is 26.4. The summed E-state index contributed by atoms with van der Waals surface area (Å²) in [4.78, 5) is 34.9. The molecule has 1 aromatic carbocycles. The second-order valence-electron chi connectivity index (χ2n) is 6.01. The Labute approximate surface area is 159 Å². The first kappa shape index (κ1) is 19.8. The Morgan fingerprint density at radius 3 is 2.57 bits per heavy atom. The van der Waals surface area contributed by atoms with Crippen molar-refractivity contribution < 1.29 is 32.8 Å². The third kappa shape index (κ3) is 3.31. The van der Waals surface area contributed by atoms with Gasteiger partial charge in [0.15, 0.2) is 5.78 Å². The number of alkyl halides is 3. The van der Waals surface area contributed by atoms with Crippen LogP contribution in [0.4, 0.5) is 23.7 Å². The van der Waals surface area contributed by atoms with Crippen molar-refractivity contribution in [2.24, 2.45) is 5.92 Å². The van der Waals surface area contributed by atoms with Gasteiger partial charge in [0.05, 0.1) is 15.8 Å². The van der Waals surface area contributed by atoms with Crippen LogP contribution in [0.1, 0.15) is 21.3 Å². The molecule has 0 spiro atoms. The van der Waals surface area contributed by atoms with Crippen LogP contribution in [0.3, 0.4) is 0 Å². The van der Waals surface area contributed by atoms with Crippen LogP contribution in [0, 0.1) is 16.0 Å². The monoisotopic (exact) mass is 415 g/mol. The number of halogens is 3. The molecule has 1 aliphatic heterocycles. The average molecular weight is 415 g/mol. The number of ketones is 1. The second kappa shape index (κ2) is 6.87. The van der Waals surface area contributed by atoms with Crippen LogP contribution in [-0.4, -0.2) is 33.7 Å². The Hall–Kier alpha value is -2.99. The van der Waals surface area contributed by atoms with E-state index in [4.69, 9.17) is 0 Å². The number of nitrogens with zero attached hydrogens (tertiary/aromatic N) is 1. The number of carbonyl (C=O) groups excluding carboxylic acids is 2. The van der Waals surface area contributed by atoms with Crippen molar-refractivity contribution >= 4 is 28.8 Å². The summed E-state index contributed by atoms with van der Waals surface area (Å²) in [6, 6.07) is 4.20. The zero-order chi connectivity index (χ0) is 20.7. The molecule has 1 aliphatic rings. The fraction of sp³-hybridized carbons (Fsp3) is 0.250. The van der Waals surface area contributed by atoms with E-state index in [0.717, 1.165) is 23.5 Å². The molecule has 8 nitrogen and oxygen atoms in total. The molecule has 0 saturated carbocycles. The van der Waals surface area contributed by atoms with Gasteiger partial charge in [-0.1, -0.05) is 18.2 Å². The smallest absolute Gasteiger partial charge is 0.363 e. The predicted molar refractivity (Wildman–Crippen MR) is 90.6 cm³/mol. The van der Waals surface area contributed by atoms with Crippen LogP contribution < -0.4 is 10.6 Å². The Morgan fingerprint density at radius 2 is 2.00 bits per heavy atom. The fourth-order valence-corrected chi connectivity index (χ4v) is 3.72. The Morgan fingerprint density at radius 1 is 1.29 bits per heavy atom. The minimum Gasteiger partial charge on any atom is -0.363 e. The van der Waals surface area contributed by atoms with Gasteiger partial charge in [-0.15, -0.1) is 11.3 Å². The van der Waals surface area contributed by atoms with Crippen LogP contribution in [0.2, 0.25) is 0 Å². The Balaban J connectivity index is 2.17. The summed E-state index contributed by atoms with van der Waals surface area (Å²) in [6.07, 6.45) is -5.39. The van der Waals surface area contributed by atoms with E-state index in [1.807, 2.05) is 0 Å². The highest BCUT2D eigenvalue weighted by molar-refractivity contribution is 7.12. The van der Waals surface area contributed by atoms with Gasteiger partial charge in [-0.2, -0.15) is 13.2 Å². The zero-order valence-corrected chi connectivity index (χ0v) is 14.6. The van der Waals surface area contributed by atoms with E-state index < -0.39 is 46.3 Å². The first-order valence-corrected chi connectivity index (χ1v) is 8.62. The summed E-state index contributed by atoms with van der Waals surface area (Å²) in [5.41, 5.74) is -4.43. The lowest BCUT2D eigenvalue weighted by molar-refractivity contribution is -0.385. The first-order chi connectivity index (χ1) is 13.0. The van der Waals surface area contributed by atoms with Crippen LogP contribution >= 0.6 is 11.3 Å². The Kier molecular flexibility index (Phi) is 4.85. The number of Topliss-reactive ketones (excluding diaryl/α,β-unsaturated/α-hetero) is 1. The van der Waals surface area contributed by atoms with E-state index in [2.05, 4.69) is 5.32 Å². The minimum atomic E-state index is -5.39. The van der Waals surface area contributed by atoms with E-state index in [-0.39, 0.29) is 10.4 Å². The highest BCUT2D eigenvalue weighted by atomic mass is 32.1. The van der Waals surface area contributed by atoms with Crippen molar-refractivity contribution in [2.45, 2.75) is 17.9 Å². The van der Waals surface area contributed by atoms with Gasteiger partial charge in [-0.25, -0.2) is 4.79 Å². The standard InChI is InChI=1S/C16H12F3N3O5S/c17-16(18,19)15(25)11(13(23)10-5-2-6-28-10)12(20-14(24)21-15)8-3-1-4-9(7-8)22(26)27/h1-7,11-12,25H,(H2,20,21,24)/t11-,12-,15+/m1/s1. The van der Waals surface area contributed by atoms with Gasteiger partial charge in [0.1, 0.15) is 5.92 Å². The van der Waals surface area contributed by atoms with Gasteiger partial charge in [0.2, 0.25) is 5.72 Å². The molecule has 1 fully saturated rings. The van der Waals surface area contributed by atoms with Crippen LogP contribution in [-0.2, 0) is 0 Å². The molecular weight excluding hydrogens is 403 g/mol. The molecule has 3 atom stereocenters. The largest absolute Gasteiger partial charge is 0.437 e. The van der Waals surface area contributed by atoms with Gasteiger partial charge in [-0.05, 0) is 17.0 Å². The van der Waals surface area contributed by atoms with E-state index in [1.165, 1.54) is 35.0 Å². The van der Waals surface area contributed by atoms with Crippen molar-refractivity contribution in [3.63, 3.8) is 0 Å². The number of carbonyl (C=O) groups is 2. The molecule has 0 aliphatic carbocycles. The molecule has 3 N–H and O–H groups in total. The lowest BCUT2D eigenvalue weighted by atomic mass is 9.78. The van der Waals surface area contributed by atoms with Crippen molar-refractivity contribution in [1.29, 1.82) is 0 Å². The summed E-state index contributed by atoms with van der Waals surface area (Å²) in [5.74, 6) is -3.29. The van der Waals surface area contributed by atoms with E-state index >= 15 is 0 Å². The van der Waals surface area contributed by atoms with E-state index in [1.54, 1.807) is 0 Å². The average Bonchev–Trinajstić information content (AvgIpc) is 3.14. The maximum absolute atomic E-state index is 13.7. The number of urea groups is 1. The molecule has 28 heavy (non-hydrogen) atoms. The number of nitro benzene ring substituents is 1. The topological polar surface area (TPSA) is 122 Å². The third-order valence-electron chi connectivity index (χ3n) is 4.29. The fourth-order valence-electron chi connectivity index (χ4n) is 3.02. The summed E-state index contributed by atoms with van der Waals surface area (Å²) in [6.45, 7) is 0. The number of thiophene rings is 1. The quantitative estimate of drug-likeness (QED) is 0.403. The van der Waals surface area contributed by atoms with Crippen LogP contribution in [0.25, 0.3) is 0 Å². The van der Waals surface area contributed by atoms with Gasteiger partial charge in [-0.3, -0.25) is 14.9 Å². The molecule has 0 radical (unpaired) electrons. The van der Waals surface area contributed by atoms with E-state index in [9.17, 15) is 38.0 Å². The first-order valence-electron chi connectivity index (χ1n) is 7.74. The van der Waals surface area contributed by atoms with Crippen molar-refractivity contribution in [3.05, 3.63) is 62.3 Å². The van der Waals surface area contributed by atoms with E-state index in [0.29, 0.717) is 0 Å². The molecule has 2 aromatic rings. The Bertz CT molecular complexity index is 934. The van der Waals surface area contributed by atoms with Gasteiger partial charge >= 0.3 is 12.2 Å².